The molecule has 1 aromatic carbocycles. The van der Waals surface area contributed by atoms with Gasteiger partial charge in [0.1, 0.15) is 11.9 Å². The molecule has 1 unspecified atom stereocenters. The van der Waals surface area contributed by atoms with Crippen LogP contribution in [0.1, 0.15) is 20.3 Å². The van der Waals surface area contributed by atoms with E-state index in [-0.39, 0.29) is 24.9 Å². The molecular weight excluding hydrogens is 381 g/mol. The molecule has 0 aliphatic carbocycles. The minimum absolute atomic E-state index is 0.112. The van der Waals surface area contributed by atoms with E-state index in [0.717, 1.165) is 0 Å². The molecule has 0 saturated carbocycles. The van der Waals surface area contributed by atoms with E-state index in [1.165, 1.54) is 17.9 Å². The van der Waals surface area contributed by atoms with Crippen molar-refractivity contribution in [3.8, 4) is 0 Å². The monoisotopic (exact) mass is 407 g/mol. The Morgan fingerprint density at radius 3 is 2.72 bits per heavy atom. The van der Waals surface area contributed by atoms with Crippen LogP contribution in [-0.2, 0) is 19.0 Å². The largest absolute Gasteiger partial charge is 0.442 e. The summed E-state index contributed by atoms with van der Waals surface area (Å²) in [6.07, 6.45) is -0.324. The van der Waals surface area contributed by atoms with Crippen LogP contribution in [0.15, 0.2) is 18.2 Å². The van der Waals surface area contributed by atoms with E-state index in [4.69, 9.17) is 14.2 Å². The molecule has 9 heteroatoms. The molecule has 0 bridgehead atoms. The third-order valence-corrected chi connectivity index (χ3v) is 5.79. The zero-order valence-corrected chi connectivity index (χ0v) is 16.7. The summed E-state index contributed by atoms with van der Waals surface area (Å²) in [5.74, 6) is -1.02. The molecule has 158 valence electrons. The van der Waals surface area contributed by atoms with Crippen molar-refractivity contribution in [3.63, 3.8) is 0 Å². The summed E-state index contributed by atoms with van der Waals surface area (Å²) in [6.45, 7) is 6.40. The molecule has 3 saturated heterocycles. The molecular formula is C20H26FN3O5. The van der Waals surface area contributed by atoms with E-state index in [0.29, 0.717) is 44.1 Å². The first kappa shape index (κ1) is 19.9. The highest BCUT2D eigenvalue weighted by Crippen LogP contribution is 2.38. The second-order valence-electron chi connectivity index (χ2n) is 7.79. The van der Waals surface area contributed by atoms with Crippen molar-refractivity contribution in [1.82, 2.24) is 5.32 Å². The van der Waals surface area contributed by atoms with Crippen LogP contribution in [-0.4, -0.2) is 63.3 Å². The van der Waals surface area contributed by atoms with Gasteiger partial charge in [0.15, 0.2) is 5.79 Å². The first-order chi connectivity index (χ1) is 13.9. The molecule has 3 aliphatic rings. The van der Waals surface area contributed by atoms with Crippen LogP contribution in [0.25, 0.3) is 0 Å². The SMILES string of the molecule is CC(=O)NC[C@H]1CN(c2ccc(N3CCC4(OCCO4)C(C)C3)c(F)c2)C(=O)O1. The number of amides is 2. The molecule has 3 heterocycles. The van der Waals surface area contributed by atoms with Crippen molar-refractivity contribution in [3.05, 3.63) is 24.0 Å². The fourth-order valence-corrected chi connectivity index (χ4v) is 4.23. The quantitative estimate of drug-likeness (QED) is 0.821. The molecule has 1 aromatic rings. The molecule has 0 radical (unpaired) electrons. The van der Waals surface area contributed by atoms with Crippen LogP contribution in [0, 0.1) is 11.7 Å². The summed E-state index contributed by atoms with van der Waals surface area (Å²) in [4.78, 5) is 26.6. The highest BCUT2D eigenvalue weighted by atomic mass is 19.1. The molecule has 1 N–H and O–H groups in total. The van der Waals surface area contributed by atoms with Crippen molar-refractivity contribution >= 4 is 23.4 Å². The van der Waals surface area contributed by atoms with Gasteiger partial charge in [-0.2, -0.15) is 0 Å². The van der Waals surface area contributed by atoms with Gasteiger partial charge in [0, 0.05) is 32.4 Å². The van der Waals surface area contributed by atoms with Gasteiger partial charge in [0.2, 0.25) is 5.91 Å². The number of hydrogen-bond acceptors (Lipinski definition) is 6. The highest BCUT2D eigenvalue weighted by Gasteiger charge is 2.46. The zero-order chi connectivity index (χ0) is 20.6. The second-order valence-corrected chi connectivity index (χ2v) is 7.79. The third-order valence-electron chi connectivity index (χ3n) is 5.79. The van der Waals surface area contributed by atoms with Gasteiger partial charge >= 0.3 is 6.09 Å². The van der Waals surface area contributed by atoms with Crippen molar-refractivity contribution in [1.29, 1.82) is 0 Å². The number of nitrogens with one attached hydrogen (secondary N) is 1. The van der Waals surface area contributed by atoms with Gasteiger partial charge in [-0.25, -0.2) is 9.18 Å². The van der Waals surface area contributed by atoms with E-state index < -0.39 is 23.8 Å². The van der Waals surface area contributed by atoms with Crippen LogP contribution >= 0.6 is 0 Å². The lowest BCUT2D eigenvalue weighted by molar-refractivity contribution is -0.199. The number of anilines is 2. The molecule has 3 fully saturated rings. The van der Waals surface area contributed by atoms with Gasteiger partial charge < -0.3 is 24.4 Å². The van der Waals surface area contributed by atoms with E-state index in [1.54, 1.807) is 12.1 Å². The summed E-state index contributed by atoms with van der Waals surface area (Å²) in [5, 5.41) is 2.62. The summed E-state index contributed by atoms with van der Waals surface area (Å²) in [6, 6.07) is 4.77. The normalized spacial score (nSPS) is 26.1. The van der Waals surface area contributed by atoms with Crippen molar-refractivity contribution in [2.24, 2.45) is 5.92 Å². The van der Waals surface area contributed by atoms with Crippen LogP contribution < -0.4 is 15.1 Å². The zero-order valence-electron chi connectivity index (χ0n) is 16.7. The lowest BCUT2D eigenvalue weighted by Crippen LogP contribution is -2.51. The molecule has 0 aromatic heterocycles. The fourth-order valence-electron chi connectivity index (χ4n) is 4.23. The molecule has 4 rings (SSSR count). The fraction of sp³-hybridized carbons (Fsp3) is 0.600. The number of carbonyl (C=O) groups excluding carboxylic acids is 2. The molecule has 2 atom stereocenters. The Bertz CT molecular complexity index is 798. The second kappa shape index (κ2) is 7.79. The van der Waals surface area contributed by atoms with Gasteiger partial charge in [-0.05, 0) is 18.2 Å². The first-order valence-corrected chi connectivity index (χ1v) is 9.93. The Labute approximate surface area is 168 Å². The Kier molecular flexibility index (Phi) is 5.35. The lowest BCUT2D eigenvalue weighted by atomic mass is 9.92. The van der Waals surface area contributed by atoms with Crippen LogP contribution in [0.5, 0.6) is 0 Å². The first-order valence-electron chi connectivity index (χ1n) is 9.93. The summed E-state index contributed by atoms with van der Waals surface area (Å²) in [7, 11) is 0. The molecule has 29 heavy (non-hydrogen) atoms. The third kappa shape index (κ3) is 3.89. The Morgan fingerprint density at radius 1 is 1.31 bits per heavy atom. The predicted molar refractivity (Wildman–Crippen MR) is 103 cm³/mol. The number of piperidine rings is 1. The maximum Gasteiger partial charge on any atom is 0.414 e. The number of rotatable bonds is 4. The highest BCUT2D eigenvalue weighted by molar-refractivity contribution is 5.90. The number of ether oxygens (including phenoxy) is 3. The van der Waals surface area contributed by atoms with Crippen LogP contribution in [0.2, 0.25) is 0 Å². The van der Waals surface area contributed by atoms with Gasteiger partial charge in [-0.1, -0.05) is 6.92 Å². The van der Waals surface area contributed by atoms with Crippen molar-refractivity contribution in [2.45, 2.75) is 32.2 Å². The van der Waals surface area contributed by atoms with Gasteiger partial charge in [-0.15, -0.1) is 0 Å². The number of benzene rings is 1. The number of nitrogens with zero attached hydrogens (tertiary/aromatic N) is 2. The minimum Gasteiger partial charge on any atom is -0.442 e. The average Bonchev–Trinajstić information content (AvgIpc) is 3.30. The Balaban J connectivity index is 1.43. The van der Waals surface area contributed by atoms with Gasteiger partial charge in [0.25, 0.3) is 0 Å². The number of hydrogen-bond donors (Lipinski definition) is 1. The Morgan fingerprint density at radius 2 is 2.07 bits per heavy atom. The summed E-state index contributed by atoms with van der Waals surface area (Å²) in [5.41, 5.74) is 0.932. The number of halogens is 1. The van der Waals surface area contributed by atoms with Crippen LogP contribution in [0.3, 0.4) is 0 Å². The summed E-state index contributed by atoms with van der Waals surface area (Å²) >= 11 is 0. The molecule has 2 amide bonds. The van der Waals surface area contributed by atoms with Gasteiger partial charge in [0.05, 0.1) is 37.7 Å². The smallest absolute Gasteiger partial charge is 0.414 e. The Hall–Kier alpha value is -2.39. The maximum absolute atomic E-state index is 14.9. The summed E-state index contributed by atoms with van der Waals surface area (Å²) < 4.78 is 31.8. The van der Waals surface area contributed by atoms with Gasteiger partial charge in [-0.3, -0.25) is 9.69 Å². The van der Waals surface area contributed by atoms with E-state index in [2.05, 4.69) is 12.2 Å². The van der Waals surface area contributed by atoms with E-state index >= 15 is 0 Å². The average molecular weight is 407 g/mol. The van der Waals surface area contributed by atoms with E-state index in [9.17, 15) is 14.0 Å². The van der Waals surface area contributed by atoms with Crippen LogP contribution in [0.4, 0.5) is 20.6 Å². The van der Waals surface area contributed by atoms with Crippen molar-refractivity contribution < 1.29 is 28.2 Å². The number of carbonyl (C=O) groups is 2. The number of cyclic esters (lactones) is 1. The predicted octanol–water partition coefficient (Wildman–Crippen LogP) is 1.88. The topological polar surface area (TPSA) is 80.3 Å². The minimum atomic E-state index is -0.546. The van der Waals surface area contributed by atoms with E-state index in [1.807, 2.05) is 4.90 Å². The maximum atomic E-state index is 14.9. The standard InChI is InChI=1S/C20H26FN3O5/c1-13-11-23(6-5-20(13)27-7-8-28-20)18-4-3-15(9-17(18)21)24-12-16(29-19(24)26)10-22-14(2)25/h3-4,9,13,16H,5-8,10-12H2,1-2H3,(H,22,25)/t13?,16-/m0/s1. The molecule has 8 nitrogen and oxygen atoms in total. The molecule has 3 aliphatic heterocycles. The lowest BCUT2D eigenvalue weighted by Gasteiger charge is -2.43. The molecule has 1 spiro atoms. The van der Waals surface area contributed by atoms with Crippen molar-refractivity contribution in [2.75, 3.05) is 49.2 Å².